The van der Waals surface area contributed by atoms with E-state index in [0.717, 1.165) is 51.1 Å². The van der Waals surface area contributed by atoms with Crippen molar-refractivity contribution in [2.45, 2.75) is 26.2 Å². The van der Waals surface area contributed by atoms with Gasteiger partial charge in [0.05, 0.1) is 0 Å². The van der Waals surface area contributed by atoms with Crippen molar-refractivity contribution in [3.05, 3.63) is 35.6 Å². The summed E-state index contributed by atoms with van der Waals surface area (Å²) in [5, 5.41) is 0. The molecule has 1 amide bonds. The van der Waals surface area contributed by atoms with Gasteiger partial charge in [-0.15, -0.1) is 0 Å². The maximum absolute atomic E-state index is 12.8. The highest BCUT2D eigenvalue weighted by atomic mass is 19.1. The van der Waals surface area contributed by atoms with E-state index in [1.54, 1.807) is 0 Å². The summed E-state index contributed by atoms with van der Waals surface area (Å²) >= 11 is 0. The van der Waals surface area contributed by atoms with Crippen LogP contribution in [0.25, 0.3) is 0 Å². The third-order valence-electron chi connectivity index (χ3n) is 3.82. The summed E-state index contributed by atoms with van der Waals surface area (Å²) in [6, 6.07) is 6.71. The molecule has 1 aromatic carbocycles. The van der Waals surface area contributed by atoms with E-state index in [0.29, 0.717) is 6.42 Å². The first-order valence-electron chi connectivity index (χ1n) is 7.43. The van der Waals surface area contributed by atoms with Crippen LogP contribution in [0, 0.1) is 5.82 Å². The Labute approximate surface area is 120 Å². The van der Waals surface area contributed by atoms with E-state index in [9.17, 15) is 9.18 Å². The number of carbonyl (C=O) groups excluding carboxylic acids is 1. The highest BCUT2D eigenvalue weighted by Gasteiger charge is 2.19. The summed E-state index contributed by atoms with van der Waals surface area (Å²) in [6.45, 7) is 6.57. The first-order chi connectivity index (χ1) is 9.69. The van der Waals surface area contributed by atoms with Crippen LogP contribution in [0.1, 0.15) is 25.3 Å². The largest absolute Gasteiger partial charge is 0.340 e. The SMILES string of the molecule is CCCC(=O)N1CCN(CCc2ccc(F)cc2)CC1. The van der Waals surface area contributed by atoms with Crippen molar-refractivity contribution in [1.82, 2.24) is 9.80 Å². The lowest BCUT2D eigenvalue weighted by Crippen LogP contribution is -2.49. The van der Waals surface area contributed by atoms with Crippen LogP contribution in [-0.4, -0.2) is 48.4 Å². The molecule has 0 atom stereocenters. The standard InChI is InChI=1S/C16H23FN2O/c1-2-3-16(20)19-12-10-18(11-13-19)9-8-14-4-6-15(17)7-5-14/h4-7H,2-3,8-13H2,1H3. The van der Waals surface area contributed by atoms with Crippen LogP contribution >= 0.6 is 0 Å². The molecule has 0 saturated carbocycles. The molecule has 0 radical (unpaired) electrons. The van der Waals surface area contributed by atoms with Crippen LogP contribution in [0.2, 0.25) is 0 Å². The lowest BCUT2D eigenvalue weighted by Gasteiger charge is -2.34. The quantitative estimate of drug-likeness (QED) is 0.825. The predicted octanol–water partition coefficient (Wildman–Crippen LogP) is 2.31. The number of amides is 1. The number of hydrogen-bond acceptors (Lipinski definition) is 2. The number of benzene rings is 1. The molecular weight excluding hydrogens is 255 g/mol. The lowest BCUT2D eigenvalue weighted by atomic mass is 10.1. The number of rotatable bonds is 5. The second kappa shape index (κ2) is 7.39. The van der Waals surface area contributed by atoms with Crippen molar-refractivity contribution in [2.24, 2.45) is 0 Å². The molecule has 0 spiro atoms. The average Bonchev–Trinajstić information content (AvgIpc) is 2.47. The van der Waals surface area contributed by atoms with Crippen molar-refractivity contribution in [2.75, 3.05) is 32.7 Å². The fourth-order valence-corrected chi connectivity index (χ4v) is 2.53. The van der Waals surface area contributed by atoms with Crippen LogP contribution in [0.15, 0.2) is 24.3 Å². The number of nitrogens with zero attached hydrogens (tertiary/aromatic N) is 2. The highest BCUT2D eigenvalue weighted by molar-refractivity contribution is 5.76. The zero-order valence-corrected chi connectivity index (χ0v) is 12.1. The minimum absolute atomic E-state index is 0.184. The van der Waals surface area contributed by atoms with Gasteiger partial charge in [0, 0.05) is 39.1 Å². The van der Waals surface area contributed by atoms with Crippen LogP contribution < -0.4 is 0 Å². The number of hydrogen-bond donors (Lipinski definition) is 0. The summed E-state index contributed by atoms with van der Waals surface area (Å²) in [5.74, 6) is 0.0995. The lowest BCUT2D eigenvalue weighted by molar-refractivity contribution is -0.132. The Hall–Kier alpha value is -1.42. The van der Waals surface area contributed by atoms with Gasteiger partial charge in [-0.25, -0.2) is 4.39 Å². The number of halogens is 1. The maximum Gasteiger partial charge on any atom is 0.222 e. The molecule has 110 valence electrons. The van der Waals surface area contributed by atoms with Crippen molar-refractivity contribution in [3.63, 3.8) is 0 Å². The molecular formula is C16H23FN2O. The second-order valence-corrected chi connectivity index (χ2v) is 5.35. The van der Waals surface area contributed by atoms with Crippen LogP contribution in [0.5, 0.6) is 0 Å². The fourth-order valence-electron chi connectivity index (χ4n) is 2.53. The van der Waals surface area contributed by atoms with Crippen LogP contribution in [0.4, 0.5) is 4.39 Å². The van der Waals surface area contributed by atoms with Gasteiger partial charge in [0.15, 0.2) is 0 Å². The van der Waals surface area contributed by atoms with E-state index < -0.39 is 0 Å². The molecule has 1 aliphatic heterocycles. The van der Waals surface area contributed by atoms with Crippen LogP contribution in [-0.2, 0) is 11.2 Å². The van der Waals surface area contributed by atoms with Gasteiger partial charge in [-0.3, -0.25) is 9.69 Å². The zero-order chi connectivity index (χ0) is 14.4. The molecule has 0 aromatic heterocycles. The smallest absolute Gasteiger partial charge is 0.222 e. The second-order valence-electron chi connectivity index (χ2n) is 5.35. The van der Waals surface area contributed by atoms with Gasteiger partial charge in [-0.2, -0.15) is 0 Å². The first-order valence-corrected chi connectivity index (χ1v) is 7.43. The Morgan fingerprint density at radius 3 is 2.40 bits per heavy atom. The topological polar surface area (TPSA) is 23.6 Å². The molecule has 3 nitrogen and oxygen atoms in total. The van der Waals surface area contributed by atoms with Gasteiger partial charge >= 0.3 is 0 Å². The van der Waals surface area contributed by atoms with E-state index >= 15 is 0 Å². The molecule has 1 aromatic rings. The Bertz CT molecular complexity index is 425. The normalized spacial score (nSPS) is 16.4. The molecule has 1 aliphatic rings. The Morgan fingerprint density at radius 1 is 1.15 bits per heavy atom. The minimum Gasteiger partial charge on any atom is -0.340 e. The van der Waals surface area contributed by atoms with Gasteiger partial charge in [0.25, 0.3) is 0 Å². The monoisotopic (exact) mass is 278 g/mol. The molecule has 0 bridgehead atoms. The third kappa shape index (κ3) is 4.30. The molecule has 0 N–H and O–H groups in total. The predicted molar refractivity (Wildman–Crippen MR) is 78.0 cm³/mol. The van der Waals surface area contributed by atoms with Gasteiger partial charge < -0.3 is 4.90 Å². The highest BCUT2D eigenvalue weighted by Crippen LogP contribution is 2.08. The third-order valence-corrected chi connectivity index (χ3v) is 3.82. The summed E-state index contributed by atoms with van der Waals surface area (Å²) in [4.78, 5) is 16.1. The molecule has 1 heterocycles. The Morgan fingerprint density at radius 2 is 1.80 bits per heavy atom. The number of piperazine rings is 1. The molecule has 0 aliphatic carbocycles. The van der Waals surface area contributed by atoms with Gasteiger partial charge in [-0.1, -0.05) is 19.1 Å². The van der Waals surface area contributed by atoms with Gasteiger partial charge in [-0.05, 0) is 30.5 Å². The Kier molecular flexibility index (Phi) is 5.53. The molecule has 2 rings (SSSR count). The minimum atomic E-state index is -0.184. The van der Waals surface area contributed by atoms with Crippen molar-refractivity contribution < 1.29 is 9.18 Å². The molecule has 4 heteroatoms. The molecule has 0 unspecified atom stereocenters. The number of carbonyl (C=O) groups is 1. The van der Waals surface area contributed by atoms with E-state index in [-0.39, 0.29) is 11.7 Å². The van der Waals surface area contributed by atoms with E-state index in [1.807, 2.05) is 24.0 Å². The molecule has 1 saturated heterocycles. The van der Waals surface area contributed by atoms with Crippen LogP contribution in [0.3, 0.4) is 0 Å². The van der Waals surface area contributed by atoms with Crippen molar-refractivity contribution in [1.29, 1.82) is 0 Å². The maximum atomic E-state index is 12.8. The summed E-state index contributed by atoms with van der Waals surface area (Å²) in [6.07, 6.45) is 2.52. The molecule has 20 heavy (non-hydrogen) atoms. The summed E-state index contributed by atoms with van der Waals surface area (Å²) < 4.78 is 12.8. The van der Waals surface area contributed by atoms with Crippen molar-refractivity contribution >= 4 is 5.91 Å². The molecule has 1 fully saturated rings. The summed E-state index contributed by atoms with van der Waals surface area (Å²) in [5.41, 5.74) is 1.16. The van der Waals surface area contributed by atoms with E-state index in [4.69, 9.17) is 0 Å². The van der Waals surface area contributed by atoms with E-state index in [2.05, 4.69) is 4.90 Å². The van der Waals surface area contributed by atoms with Gasteiger partial charge in [0.2, 0.25) is 5.91 Å². The Balaban J connectivity index is 1.72. The first kappa shape index (κ1) is 15.0. The van der Waals surface area contributed by atoms with Crippen molar-refractivity contribution in [3.8, 4) is 0 Å². The average molecular weight is 278 g/mol. The summed E-state index contributed by atoms with van der Waals surface area (Å²) in [7, 11) is 0. The fraction of sp³-hybridized carbons (Fsp3) is 0.562. The zero-order valence-electron chi connectivity index (χ0n) is 12.1. The van der Waals surface area contributed by atoms with Gasteiger partial charge in [0.1, 0.15) is 5.82 Å². The van der Waals surface area contributed by atoms with E-state index in [1.165, 1.54) is 12.1 Å².